The molecule has 8 aromatic carbocycles. The SMILES string of the molecule is CC1(C)c2ccccc2-c2c(-c3nc(-c4ccc5c(c4)oc4cccc(-c6ccccc6)c45)nc(-c4cccc5c4c4ccccc4n5-c4ccccc4)n3)cccc21. The van der Waals surface area contributed by atoms with Gasteiger partial charge in [0.15, 0.2) is 17.5 Å². The maximum absolute atomic E-state index is 6.61. The minimum absolute atomic E-state index is 0.170. The van der Waals surface area contributed by atoms with Gasteiger partial charge in [0.05, 0.1) is 11.0 Å². The summed E-state index contributed by atoms with van der Waals surface area (Å²) in [5.74, 6) is 1.84. The van der Waals surface area contributed by atoms with Crippen LogP contribution in [0, 0.1) is 0 Å². The molecule has 0 N–H and O–H groups in total. The van der Waals surface area contributed by atoms with Crippen molar-refractivity contribution in [3.8, 4) is 62.1 Å². The Hall–Kier alpha value is -7.63. The Morgan fingerprint density at radius 2 is 1.05 bits per heavy atom. The molecule has 1 aliphatic rings. The van der Waals surface area contributed by atoms with Gasteiger partial charge in [0.25, 0.3) is 0 Å². The standard InChI is InChI=1S/C54H36N4O/c1-54(2)42-25-11-9-20-37(42)48-40(23-13-26-43(48)54)52-55-51(34-30-31-39-47(32-34)59-46-29-15-22-36(50(39)46)33-16-5-3-6-17-33)56-53(57-52)41-24-14-28-45-49(41)38-21-10-12-27-44(38)58(45)35-18-7-4-8-19-35/h3-32H,1-2H3. The van der Waals surface area contributed by atoms with Crippen molar-refractivity contribution < 1.29 is 4.42 Å². The predicted octanol–water partition coefficient (Wildman–Crippen LogP) is 13.8. The number of benzene rings is 8. The summed E-state index contributed by atoms with van der Waals surface area (Å²) >= 11 is 0. The zero-order valence-electron chi connectivity index (χ0n) is 32.5. The van der Waals surface area contributed by atoms with Gasteiger partial charge >= 0.3 is 0 Å². The molecule has 0 saturated carbocycles. The molecule has 3 aromatic heterocycles. The third kappa shape index (κ3) is 5.01. The lowest BCUT2D eigenvalue weighted by molar-refractivity contribution is 0.660. The number of rotatable bonds is 5. The number of fused-ring (bicyclic) bond motifs is 9. The fourth-order valence-corrected chi connectivity index (χ4v) is 9.57. The van der Waals surface area contributed by atoms with Crippen LogP contribution in [0.2, 0.25) is 0 Å². The molecule has 278 valence electrons. The molecule has 0 aliphatic heterocycles. The normalized spacial score (nSPS) is 13.1. The molecule has 0 spiro atoms. The van der Waals surface area contributed by atoms with Crippen molar-refractivity contribution in [3.63, 3.8) is 0 Å². The highest BCUT2D eigenvalue weighted by Crippen LogP contribution is 2.52. The zero-order valence-corrected chi connectivity index (χ0v) is 32.5. The molecule has 3 heterocycles. The molecule has 0 amide bonds. The van der Waals surface area contributed by atoms with Crippen LogP contribution in [0.25, 0.3) is 106 Å². The first kappa shape index (κ1) is 33.5. The van der Waals surface area contributed by atoms with Gasteiger partial charge in [-0.3, -0.25) is 0 Å². The number of aromatic nitrogens is 4. The van der Waals surface area contributed by atoms with Crippen molar-refractivity contribution in [2.45, 2.75) is 19.3 Å². The quantitative estimate of drug-likeness (QED) is 0.175. The molecule has 0 unspecified atom stereocenters. The third-order valence-corrected chi connectivity index (χ3v) is 12.3. The molecule has 0 radical (unpaired) electrons. The Morgan fingerprint density at radius 3 is 1.92 bits per heavy atom. The predicted molar refractivity (Wildman–Crippen MR) is 241 cm³/mol. The lowest BCUT2D eigenvalue weighted by Gasteiger charge is -2.21. The van der Waals surface area contributed by atoms with Crippen molar-refractivity contribution in [1.29, 1.82) is 0 Å². The highest BCUT2D eigenvalue weighted by Gasteiger charge is 2.37. The molecule has 5 nitrogen and oxygen atoms in total. The summed E-state index contributed by atoms with van der Waals surface area (Å²) in [7, 11) is 0. The van der Waals surface area contributed by atoms with Crippen molar-refractivity contribution in [3.05, 3.63) is 193 Å². The summed E-state index contributed by atoms with van der Waals surface area (Å²) in [6, 6.07) is 64.0. The van der Waals surface area contributed by atoms with E-state index in [1.54, 1.807) is 0 Å². The molecule has 59 heavy (non-hydrogen) atoms. The Bertz CT molecular complexity index is 3470. The van der Waals surface area contributed by atoms with Crippen molar-refractivity contribution in [1.82, 2.24) is 19.5 Å². The van der Waals surface area contributed by atoms with Gasteiger partial charge < -0.3 is 8.98 Å². The van der Waals surface area contributed by atoms with Crippen LogP contribution in [-0.4, -0.2) is 19.5 Å². The van der Waals surface area contributed by atoms with Crippen LogP contribution in [0.1, 0.15) is 25.0 Å². The van der Waals surface area contributed by atoms with Crippen molar-refractivity contribution in [2.24, 2.45) is 0 Å². The van der Waals surface area contributed by atoms with E-state index in [9.17, 15) is 0 Å². The molecule has 1 aliphatic carbocycles. The van der Waals surface area contributed by atoms with Crippen LogP contribution in [0.4, 0.5) is 0 Å². The van der Waals surface area contributed by atoms with E-state index < -0.39 is 0 Å². The minimum Gasteiger partial charge on any atom is -0.456 e. The Balaban J connectivity index is 1.12. The summed E-state index contributed by atoms with van der Waals surface area (Å²) in [4.78, 5) is 16.1. The number of hydrogen-bond donors (Lipinski definition) is 0. The maximum Gasteiger partial charge on any atom is 0.164 e. The van der Waals surface area contributed by atoms with E-state index in [1.807, 2.05) is 12.1 Å². The molecule has 0 saturated heterocycles. The summed E-state index contributed by atoms with van der Waals surface area (Å²) in [6.45, 7) is 4.61. The van der Waals surface area contributed by atoms with Gasteiger partial charge in [-0.25, -0.2) is 15.0 Å². The minimum atomic E-state index is -0.170. The molecule has 11 aromatic rings. The van der Waals surface area contributed by atoms with Gasteiger partial charge in [0, 0.05) is 49.3 Å². The van der Waals surface area contributed by atoms with Gasteiger partial charge in [-0.05, 0) is 75.8 Å². The van der Waals surface area contributed by atoms with Crippen molar-refractivity contribution >= 4 is 43.7 Å². The van der Waals surface area contributed by atoms with Gasteiger partial charge in [-0.1, -0.05) is 153 Å². The van der Waals surface area contributed by atoms with Gasteiger partial charge in [-0.15, -0.1) is 0 Å². The Kier molecular flexibility index (Phi) is 7.20. The van der Waals surface area contributed by atoms with Crippen LogP contribution in [0.3, 0.4) is 0 Å². The van der Waals surface area contributed by atoms with E-state index in [1.165, 1.54) is 22.3 Å². The van der Waals surface area contributed by atoms with E-state index in [2.05, 4.69) is 188 Å². The summed E-state index contributed by atoms with van der Waals surface area (Å²) in [5.41, 5.74) is 14.8. The van der Waals surface area contributed by atoms with Crippen LogP contribution in [0.5, 0.6) is 0 Å². The third-order valence-electron chi connectivity index (χ3n) is 12.3. The number of para-hydroxylation sites is 2. The molecule has 0 bridgehead atoms. The first-order chi connectivity index (χ1) is 29.0. The maximum atomic E-state index is 6.61. The molecule has 0 atom stereocenters. The molecular formula is C54H36N4O. The lowest BCUT2D eigenvalue weighted by atomic mass is 9.82. The second-order valence-electron chi connectivity index (χ2n) is 16.0. The number of nitrogens with zero attached hydrogens (tertiary/aromatic N) is 4. The highest BCUT2D eigenvalue weighted by molar-refractivity contribution is 6.16. The molecule has 5 heteroatoms. The zero-order chi connectivity index (χ0) is 39.2. The molecule has 0 fully saturated rings. The highest BCUT2D eigenvalue weighted by atomic mass is 16.3. The fourth-order valence-electron chi connectivity index (χ4n) is 9.57. The average molecular weight is 757 g/mol. The van der Waals surface area contributed by atoms with E-state index in [0.29, 0.717) is 17.5 Å². The Labute approximate surface area is 340 Å². The monoisotopic (exact) mass is 756 g/mol. The molecular weight excluding hydrogens is 721 g/mol. The van der Waals surface area contributed by atoms with Crippen LogP contribution < -0.4 is 0 Å². The largest absolute Gasteiger partial charge is 0.456 e. The first-order valence-corrected chi connectivity index (χ1v) is 20.1. The second-order valence-corrected chi connectivity index (χ2v) is 16.0. The van der Waals surface area contributed by atoms with Gasteiger partial charge in [0.2, 0.25) is 0 Å². The summed E-state index contributed by atoms with van der Waals surface area (Å²) in [5, 5.41) is 4.39. The van der Waals surface area contributed by atoms with E-state index >= 15 is 0 Å². The fraction of sp³-hybridized carbons (Fsp3) is 0.0556. The summed E-state index contributed by atoms with van der Waals surface area (Å²) in [6.07, 6.45) is 0. The van der Waals surface area contributed by atoms with Crippen LogP contribution >= 0.6 is 0 Å². The van der Waals surface area contributed by atoms with Crippen molar-refractivity contribution in [2.75, 3.05) is 0 Å². The second kappa shape index (κ2) is 12.7. The van der Waals surface area contributed by atoms with E-state index in [0.717, 1.165) is 77.2 Å². The smallest absolute Gasteiger partial charge is 0.164 e. The Morgan fingerprint density at radius 1 is 0.424 bits per heavy atom. The lowest BCUT2D eigenvalue weighted by Crippen LogP contribution is -2.14. The summed E-state index contributed by atoms with van der Waals surface area (Å²) < 4.78 is 8.94. The van der Waals surface area contributed by atoms with Gasteiger partial charge in [0.1, 0.15) is 11.2 Å². The van der Waals surface area contributed by atoms with Crippen LogP contribution in [-0.2, 0) is 5.41 Å². The van der Waals surface area contributed by atoms with E-state index in [4.69, 9.17) is 19.4 Å². The topological polar surface area (TPSA) is 56.7 Å². The van der Waals surface area contributed by atoms with Crippen LogP contribution in [0.15, 0.2) is 186 Å². The average Bonchev–Trinajstić information content (AvgIpc) is 3.92. The van der Waals surface area contributed by atoms with Gasteiger partial charge in [-0.2, -0.15) is 0 Å². The first-order valence-electron chi connectivity index (χ1n) is 20.1. The molecule has 12 rings (SSSR count). The van der Waals surface area contributed by atoms with E-state index in [-0.39, 0.29) is 5.41 Å². The number of furan rings is 1. The number of hydrogen-bond acceptors (Lipinski definition) is 4.